The van der Waals surface area contributed by atoms with Crippen LogP contribution in [0.1, 0.15) is 6.42 Å². The Bertz CT molecular complexity index is 1290. The minimum Gasteiger partial charge on any atom is -0.371 e. The third-order valence-corrected chi connectivity index (χ3v) is 8.56. The molecule has 1 amide bonds. The number of benzene rings is 2. The van der Waals surface area contributed by atoms with Gasteiger partial charge in [-0.2, -0.15) is 4.31 Å². The summed E-state index contributed by atoms with van der Waals surface area (Å²) in [5.41, 5.74) is 1.15. The number of halogens is 2. The van der Waals surface area contributed by atoms with Crippen LogP contribution in [0.2, 0.25) is 5.02 Å². The highest BCUT2D eigenvalue weighted by Gasteiger charge is 2.35. The number of aromatic nitrogens is 1. The number of carbonyl (C=O) groups is 1. The quantitative estimate of drug-likeness (QED) is 0.513. The van der Waals surface area contributed by atoms with E-state index in [2.05, 4.69) is 9.88 Å². The van der Waals surface area contributed by atoms with E-state index in [1.165, 1.54) is 4.31 Å². The molecule has 34 heavy (non-hydrogen) atoms. The number of hydrogen-bond acceptors (Lipinski definition) is 5. The lowest BCUT2D eigenvalue weighted by Crippen LogP contribution is -2.53. The van der Waals surface area contributed by atoms with Gasteiger partial charge in [-0.1, -0.05) is 23.7 Å². The van der Waals surface area contributed by atoms with Crippen molar-refractivity contribution in [3.05, 3.63) is 65.9 Å². The first kappa shape index (κ1) is 24.7. The maximum Gasteiger partial charge on any atom is 0.243 e. The van der Waals surface area contributed by atoms with Crippen LogP contribution >= 0.6 is 24.0 Å². The van der Waals surface area contributed by atoms with E-state index in [0.29, 0.717) is 30.6 Å². The summed E-state index contributed by atoms with van der Waals surface area (Å²) in [4.78, 5) is 21.2. The van der Waals surface area contributed by atoms with Gasteiger partial charge in [0.15, 0.2) is 0 Å². The van der Waals surface area contributed by atoms with Crippen molar-refractivity contribution in [1.29, 1.82) is 0 Å². The monoisotopic (exact) mass is 520 g/mol. The van der Waals surface area contributed by atoms with Gasteiger partial charge in [0.25, 0.3) is 0 Å². The summed E-state index contributed by atoms with van der Waals surface area (Å²) in [6.45, 7) is 3.08. The second-order valence-corrected chi connectivity index (χ2v) is 11.0. The predicted molar refractivity (Wildman–Crippen MR) is 136 cm³/mol. The highest BCUT2D eigenvalue weighted by Crippen LogP contribution is 2.27. The summed E-state index contributed by atoms with van der Waals surface area (Å²) in [5.74, 6) is 0.234. The van der Waals surface area contributed by atoms with Crippen molar-refractivity contribution in [3.8, 4) is 0 Å². The fourth-order valence-corrected chi connectivity index (χ4v) is 6.27. The number of nitrogens with zero attached hydrogens (tertiary/aromatic N) is 4. The molecule has 0 N–H and O–H groups in total. The van der Waals surface area contributed by atoms with Crippen molar-refractivity contribution in [2.75, 3.05) is 44.2 Å². The van der Waals surface area contributed by atoms with Gasteiger partial charge < -0.3 is 9.80 Å². The minimum absolute atomic E-state index is 0. The Morgan fingerprint density at radius 2 is 1.71 bits per heavy atom. The van der Waals surface area contributed by atoms with Crippen LogP contribution in [-0.2, 0) is 14.8 Å². The smallest absolute Gasteiger partial charge is 0.243 e. The number of piperazine rings is 1. The molecule has 5 rings (SSSR count). The summed E-state index contributed by atoms with van der Waals surface area (Å²) in [6, 6.07) is 14.3. The Kier molecular flexibility index (Phi) is 7.33. The summed E-state index contributed by atoms with van der Waals surface area (Å²) >= 11 is 6.03. The van der Waals surface area contributed by atoms with Crippen LogP contribution in [-0.4, -0.2) is 67.8 Å². The zero-order chi connectivity index (χ0) is 23.0. The van der Waals surface area contributed by atoms with Gasteiger partial charge in [0, 0.05) is 55.8 Å². The zero-order valence-electron chi connectivity index (χ0n) is 18.5. The summed E-state index contributed by atoms with van der Waals surface area (Å²) in [7, 11) is -3.75. The molecule has 1 atom stereocenters. The Balaban J connectivity index is 0.00000274. The standard InChI is InChI=1S/C24H25ClN4O3S.ClH/c25-21-3-1-20-14-23(4-2-19(20)13-21)33(31,32)29-12-11-28(24(30)17-29)16-18-7-10-27(15-18)22-5-8-26-9-6-22;/h1-6,8-9,13-14,18H,7,10-12,15-17H2;1H. The van der Waals surface area contributed by atoms with Gasteiger partial charge in [0.1, 0.15) is 0 Å². The Morgan fingerprint density at radius 1 is 0.971 bits per heavy atom. The fourth-order valence-electron chi connectivity index (χ4n) is 4.67. The number of carbonyl (C=O) groups excluding carboxylic acids is 1. The minimum atomic E-state index is -3.75. The van der Waals surface area contributed by atoms with Crippen LogP contribution in [0.5, 0.6) is 0 Å². The summed E-state index contributed by atoms with van der Waals surface area (Å²) in [6.07, 6.45) is 4.59. The molecule has 3 aromatic rings. The van der Waals surface area contributed by atoms with Gasteiger partial charge in [-0.15, -0.1) is 12.4 Å². The molecular weight excluding hydrogens is 495 g/mol. The Labute approximate surface area is 210 Å². The first-order chi connectivity index (χ1) is 15.9. The Morgan fingerprint density at radius 3 is 2.47 bits per heavy atom. The van der Waals surface area contributed by atoms with Gasteiger partial charge in [0.05, 0.1) is 11.4 Å². The van der Waals surface area contributed by atoms with Crippen LogP contribution in [0.3, 0.4) is 0 Å². The predicted octanol–water partition coefficient (Wildman–Crippen LogP) is 3.67. The van der Waals surface area contributed by atoms with Crippen LogP contribution in [0.15, 0.2) is 65.8 Å². The molecule has 0 spiro atoms. The van der Waals surface area contributed by atoms with Crippen molar-refractivity contribution in [1.82, 2.24) is 14.2 Å². The molecule has 0 saturated carbocycles. The molecule has 1 aromatic heterocycles. The molecular formula is C24H26Cl2N4O3S. The molecule has 2 fully saturated rings. The normalized spacial score (nSPS) is 19.4. The molecule has 10 heteroatoms. The van der Waals surface area contributed by atoms with E-state index in [-0.39, 0.29) is 29.8 Å². The number of fused-ring (bicyclic) bond motifs is 1. The lowest BCUT2D eigenvalue weighted by Gasteiger charge is -2.35. The topological polar surface area (TPSA) is 73.8 Å². The fraction of sp³-hybridized carbons (Fsp3) is 0.333. The van der Waals surface area contributed by atoms with E-state index in [1.807, 2.05) is 17.0 Å². The first-order valence-electron chi connectivity index (χ1n) is 11.0. The van der Waals surface area contributed by atoms with Gasteiger partial charge in [-0.25, -0.2) is 8.42 Å². The van der Waals surface area contributed by atoms with Crippen LogP contribution in [0.25, 0.3) is 10.8 Å². The molecule has 2 saturated heterocycles. The molecule has 3 heterocycles. The van der Waals surface area contributed by atoms with E-state index in [9.17, 15) is 13.2 Å². The molecule has 0 bridgehead atoms. The molecule has 0 radical (unpaired) electrons. The highest BCUT2D eigenvalue weighted by atomic mass is 35.5. The van der Waals surface area contributed by atoms with Crippen LogP contribution < -0.4 is 4.90 Å². The second-order valence-electron chi connectivity index (χ2n) is 8.64. The molecule has 2 aliphatic heterocycles. The lowest BCUT2D eigenvalue weighted by molar-refractivity contribution is -0.134. The largest absolute Gasteiger partial charge is 0.371 e. The average molecular weight is 521 g/mol. The van der Waals surface area contributed by atoms with Crippen LogP contribution in [0.4, 0.5) is 5.69 Å². The molecule has 7 nitrogen and oxygen atoms in total. The average Bonchev–Trinajstić information content (AvgIpc) is 3.29. The third-order valence-electron chi connectivity index (χ3n) is 6.49. The number of sulfonamides is 1. The Hall–Kier alpha value is -2.39. The van der Waals surface area contributed by atoms with Gasteiger partial charge in [0.2, 0.25) is 15.9 Å². The van der Waals surface area contributed by atoms with Gasteiger partial charge >= 0.3 is 0 Å². The van der Waals surface area contributed by atoms with Crippen molar-refractivity contribution in [3.63, 3.8) is 0 Å². The number of pyridine rings is 1. The maximum absolute atomic E-state index is 13.2. The van der Waals surface area contributed by atoms with E-state index in [0.717, 1.165) is 36.0 Å². The summed E-state index contributed by atoms with van der Waals surface area (Å²) in [5, 5.41) is 2.27. The van der Waals surface area contributed by atoms with Crippen molar-refractivity contribution in [2.24, 2.45) is 5.92 Å². The van der Waals surface area contributed by atoms with E-state index >= 15 is 0 Å². The highest BCUT2D eigenvalue weighted by molar-refractivity contribution is 7.89. The van der Waals surface area contributed by atoms with Crippen molar-refractivity contribution >= 4 is 56.4 Å². The van der Waals surface area contributed by atoms with Gasteiger partial charge in [-0.05, 0) is 59.5 Å². The maximum atomic E-state index is 13.2. The third kappa shape index (κ3) is 5.00. The molecule has 2 aromatic carbocycles. The summed E-state index contributed by atoms with van der Waals surface area (Å²) < 4.78 is 27.7. The molecule has 2 aliphatic rings. The van der Waals surface area contributed by atoms with E-state index < -0.39 is 10.0 Å². The van der Waals surface area contributed by atoms with Crippen LogP contribution in [0, 0.1) is 5.92 Å². The first-order valence-corrected chi connectivity index (χ1v) is 12.8. The number of amides is 1. The van der Waals surface area contributed by atoms with E-state index in [1.54, 1.807) is 48.8 Å². The second kappa shape index (κ2) is 10.1. The lowest BCUT2D eigenvalue weighted by atomic mass is 10.1. The van der Waals surface area contributed by atoms with Crippen molar-refractivity contribution < 1.29 is 13.2 Å². The number of hydrogen-bond donors (Lipinski definition) is 0. The van der Waals surface area contributed by atoms with E-state index in [4.69, 9.17) is 11.6 Å². The van der Waals surface area contributed by atoms with Crippen molar-refractivity contribution in [2.45, 2.75) is 11.3 Å². The zero-order valence-corrected chi connectivity index (χ0v) is 20.9. The molecule has 0 aliphatic carbocycles. The number of rotatable bonds is 5. The SMILES string of the molecule is Cl.O=C1CN(S(=O)(=O)c2ccc3cc(Cl)ccc3c2)CCN1CC1CCN(c2ccncc2)C1. The number of anilines is 1. The molecule has 1 unspecified atom stereocenters. The molecule has 180 valence electrons. The van der Waals surface area contributed by atoms with Gasteiger partial charge in [-0.3, -0.25) is 9.78 Å².